The Labute approximate surface area is 113 Å². The second-order valence-corrected chi connectivity index (χ2v) is 6.90. The Morgan fingerprint density at radius 2 is 2.37 bits per heavy atom. The Kier molecular flexibility index (Phi) is 4.84. The summed E-state index contributed by atoms with van der Waals surface area (Å²) < 4.78 is 27.9. The lowest BCUT2D eigenvalue weighted by molar-refractivity contribution is 0.199. The molecule has 6 nitrogen and oxygen atoms in total. The van der Waals surface area contributed by atoms with E-state index in [1.165, 1.54) is 0 Å². The molecule has 1 aliphatic rings. The van der Waals surface area contributed by atoms with Gasteiger partial charge in [-0.3, -0.25) is 0 Å². The summed E-state index contributed by atoms with van der Waals surface area (Å²) >= 11 is 0. The predicted molar refractivity (Wildman–Crippen MR) is 71.6 cm³/mol. The van der Waals surface area contributed by atoms with E-state index in [2.05, 4.69) is 15.3 Å². The lowest BCUT2D eigenvalue weighted by Gasteiger charge is -2.08. The fourth-order valence-corrected chi connectivity index (χ4v) is 3.84. The van der Waals surface area contributed by atoms with Crippen molar-refractivity contribution in [1.82, 2.24) is 15.3 Å². The molecule has 0 saturated carbocycles. The fourth-order valence-electron chi connectivity index (χ4n) is 2.10. The molecule has 1 aromatic rings. The molecule has 2 heterocycles. The Morgan fingerprint density at radius 1 is 1.53 bits per heavy atom. The van der Waals surface area contributed by atoms with Gasteiger partial charge >= 0.3 is 0 Å². The van der Waals surface area contributed by atoms with Crippen LogP contribution in [0.4, 0.5) is 0 Å². The maximum Gasteiger partial charge on any atom is 0.151 e. The van der Waals surface area contributed by atoms with E-state index in [1.807, 2.05) is 6.07 Å². The van der Waals surface area contributed by atoms with E-state index in [9.17, 15) is 8.42 Å². The summed E-state index contributed by atoms with van der Waals surface area (Å²) in [7, 11) is -1.24. The largest absolute Gasteiger partial charge is 0.383 e. The minimum absolute atomic E-state index is 0.0519. The molecule has 7 heteroatoms. The highest BCUT2D eigenvalue weighted by molar-refractivity contribution is 7.91. The molecule has 1 fully saturated rings. The third kappa shape index (κ3) is 4.22. The van der Waals surface area contributed by atoms with E-state index in [4.69, 9.17) is 4.74 Å². The van der Waals surface area contributed by atoms with E-state index in [1.54, 1.807) is 13.3 Å². The molecule has 1 aromatic heterocycles. The van der Waals surface area contributed by atoms with E-state index in [0.29, 0.717) is 25.4 Å². The van der Waals surface area contributed by atoms with Crippen molar-refractivity contribution in [3.8, 4) is 0 Å². The van der Waals surface area contributed by atoms with Gasteiger partial charge in [0.1, 0.15) is 5.82 Å². The number of nitrogens with zero attached hydrogens (tertiary/aromatic N) is 2. The third-order valence-corrected chi connectivity index (χ3v) is 4.89. The topological polar surface area (TPSA) is 81.2 Å². The molecule has 1 N–H and O–H groups in total. The molecule has 0 aromatic carbocycles. The quantitative estimate of drug-likeness (QED) is 0.747. The van der Waals surface area contributed by atoms with Crippen LogP contribution in [0, 0.1) is 0 Å². The average molecular weight is 285 g/mol. The van der Waals surface area contributed by atoms with Gasteiger partial charge in [-0.05, 0) is 12.5 Å². The van der Waals surface area contributed by atoms with Gasteiger partial charge in [-0.25, -0.2) is 18.4 Å². The van der Waals surface area contributed by atoms with Crippen LogP contribution in [0.1, 0.15) is 23.9 Å². The molecular weight excluding hydrogens is 266 g/mol. The van der Waals surface area contributed by atoms with Crippen molar-refractivity contribution < 1.29 is 13.2 Å². The van der Waals surface area contributed by atoms with Gasteiger partial charge in [0, 0.05) is 32.3 Å². The molecule has 1 aliphatic heterocycles. The molecule has 0 spiro atoms. The molecule has 0 radical (unpaired) electrons. The average Bonchev–Trinajstić information content (AvgIpc) is 2.76. The van der Waals surface area contributed by atoms with Crippen LogP contribution in [0.5, 0.6) is 0 Å². The minimum atomic E-state index is -2.89. The first-order valence-corrected chi connectivity index (χ1v) is 8.15. The second-order valence-electron chi connectivity index (χ2n) is 4.68. The van der Waals surface area contributed by atoms with Crippen molar-refractivity contribution in [2.24, 2.45) is 0 Å². The first-order chi connectivity index (χ1) is 9.11. The van der Waals surface area contributed by atoms with Crippen molar-refractivity contribution in [3.05, 3.63) is 23.8 Å². The van der Waals surface area contributed by atoms with Crippen LogP contribution >= 0.6 is 0 Å². The van der Waals surface area contributed by atoms with Crippen molar-refractivity contribution in [3.63, 3.8) is 0 Å². The van der Waals surface area contributed by atoms with Crippen LogP contribution in [0.15, 0.2) is 12.3 Å². The van der Waals surface area contributed by atoms with Gasteiger partial charge in [-0.1, -0.05) is 0 Å². The fraction of sp³-hybridized carbons (Fsp3) is 0.667. The number of hydrogen-bond donors (Lipinski definition) is 1. The summed E-state index contributed by atoms with van der Waals surface area (Å²) in [5.41, 5.74) is 0.880. The van der Waals surface area contributed by atoms with Crippen molar-refractivity contribution >= 4 is 9.84 Å². The van der Waals surface area contributed by atoms with Gasteiger partial charge in [-0.15, -0.1) is 0 Å². The summed E-state index contributed by atoms with van der Waals surface area (Å²) in [6.07, 6.45) is 2.32. The smallest absolute Gasteiger partial charge is 0.151 e. The van der Waals surface area contributed by atoms with Crippen LogP contribution in [0.3, 0.4) is 0 Å². The zero-order chi connectivity index (χ0) is 13.7. The lowest BCUT2D eigenvalue weighted by Crippen LogP contribution is -2.20. The molecule has 19 heavy (non-hydrogen) atoms. The van der Waals surface area contributed by atoms with Gasteiger partial charge in [0.2, 0.25) is 0 Å². The van der Waals surface area contributed by atoms with Crippen LogP contribution in [-0.4, -0.2) is 50.2 Å². The zero-order valence-corrected chi connectivity index (χ0v) is 11.8. The van der Waals surface area contributed by atoms with Gasteiger partial charge in [-0.2, -0.15) is 0 Å². The number of methoxy groups -OCH3 is 1. The second kappa shape index (κ2) is 6.40. The van der Waals surface area contributed by atoms with Crippen LogP contribution < -0.4 is 5.32 Å². The van der Waals surface area contributed by atoms with E-state index in [0.717, 1.165) is 12.2 Å². The van der Waals surface area contributed by atoms with Gasteiger partial charge in [0.25, 0.3) is 0 Å². The Balaban J connectivity index is 1.95. The SMILES string of the molecule is COCCNCc1ccnc(C2CCS(=O)(=O)C2)n1. The summed E-state index contributed by atoms with van der Waals surface area (Å²) in [5.74, 6) is 1.02. The highest BCUT2D eigenvalue weighted by Crippen LogP contribution is 2.26. The number of nitrogens with one attached hydrogen (secondary N) is 1. The molecule has 1 unspecified atom stereocenters. The normalized spacial score (nSPS) is 21.6. The van der Waals surface area contributed by atoms with Crippen molar-refractivity contribution in [2.45, 2.75) is 18.9 Å². The van der Waals surface area contributed by atoms with E-state index >= 15 is 0 Å². The van der Waals surface area contributed by atoms with Crippen molar-refractivity contribution in [1.29, 1.82) is 0 Å². The van der Waals surface area contributed by atoms with Crippen molar-refractivity contribution in [2.75, 3.05) is 31.8 Å². The number of ether oxygens (including phenoxy) is 1. The Hall–Kier alpha value is -1.05. The first-order valence-electron chi connectivity index (χ1n) is 6.32. The van der Waals surface area contributed by atoms with Crippen LogP contribution in [0.25, 0.3) is 0 Å². The molecule has 2 rings (SSSR count). The molecule has 1 saturated heterocycles. The third-order valence-electron chi connectivity index (χ3n) is 3.12. The standard InChI is InChI=1S/C12H19N3O3S/c1-18-6-5-13-8-11-2-4-14-12(15-11)10-3-7-19(16,17)9-10/h2,4,10,13H,3,5-9H2,1H3. The molecule has 0 amide bonds. The maximum atomic E-state index is 11.5. The number of sulfone groups is 1. The zero-order valence-electron chi connectivity index (χ0n) is 11.0. The molecular formula is C12H19N3O3S. The van der Waals surface area contributed by atoms with Gasteiger partial charge < -0.3 is 10.1 Å². The Bertz CT molecular complexity index is 519. The molecule has 106 valence electrons. The van der Waals surface area contributed by atoms with Gasteiger partial charge in [0.05, 0.1) is 23.8 Å². The monoisotopic (exact) mass is 285 g/mol. The highest BCUT2D eigenvalue weighted by atomic mass is 32.2. The number of aromatic nitrogens is 2. The summed E-state index contributed by atoms with van der Waals surface area (Å²) in [4.78, 5) is 8.64. The number of rotatable bonds is 6. The molecule has 0 bridgehead atoms. The molecule has 1 atom stereocenters. The number of hydrogen-bond acceptors (Lipinski definition) is 6. The predicted octanol–water partition coefficient (Wildman–Crippen LogP) is 0.115. The maximum absolute atomic E-state index is 11.5. The lowest BCUT2D eigenvalue weighted by atomic mass is 10.1. The Morgan fingerprint density at radius 3 is 3.05 bits per heavy atom. The first kappa shape index (κ1) is 14.4. The van der Waals surface area contributed by atoms with Crippen LogP contribution in [0.2, 0.25) is 0 Å². The summed E-state index contributed by atoms with van der Waals surface area (Å²) in [6.45, 7) is 2.05. The highest BCUT2D eigenvalue weighted by Gasteiger charge is 2.30. The van der Waals surface area contributed by atoms with E-state index in [-0.39, 0.29) is 17.4 Å². The van der Waals surface area contributed by atoms with Crippen LogP contribution in [-0.2, 0) is 21.1 Å². The molecule has 0 aliphatic carbocycles. The van der Waals surface area contributed by atoms with E-state index < -0.39 is 9.84 Å². The summed E-state index contributed by atoms with van der Waals surface area (Å²) in [5, 5.41) is 3.20. The summed E-state index contributed by atoms with van der Waals surface area (Å²) in [6, 6.07) is 1.84. The minimum Gasteiger partial charge on any atom is -0.383 e. The van der Waals surface area contributed by atoms with Gasteiger partial charge in [0.15, 0.2) is 9.84 Å².